The van der Waals surface area contributed by atoms with Crippen LogP contribution < -0.4 is 5.32 Å². The van der Waals surface area contributed by atoms with Crippen molar-refractivity contribution in [3.63, 3.8) is 0 Å². The molecule has 1 aliphatic rings. The van der Waals surface area contributed by atoms with Gasteiger partial charge in [0, 0.05) is 11.4 Å². The molecule has 1 atom stereocenters. The average molecular weight is 344 g/mol. The Kier molecular flexibility index (Phi) is 6.44. The summed E-state index contributed by atoms with van der Waals surface area (Å²) in [6, 6.07) is 3.63. The molecule has 0 saturated heterocycles. The zero-order chi connectivity index (χ0) is 16.0. The van der Waals surface area contributed by atoms with E-state index in [4.69, 9.17) is 0 Å². The van der Waals surface area contributed by atoms with Crippen molar-refractivity contribution in [3.8, 4) is 0 Å². The maximum atomic E-state index is 12.3. The molecule has 4 nitrogen and oxygen atoms in total. The van der Waals surface area contributed by atoms with Crippen LogP contribution in [0.1, 0.15) is 55.6 Å². The fraction of sp³-hybridized carbons (Fsp3) is 0.688. The van der Waals surface area contributed by atoms with E-state index in [1.807, 2.05) is 11.4 Å². The molecule has 2 rings (SSSR count). The second kappa shape index (κ2) is 8.11. The van der Waals surface area contributed by atoms with Gasteiger partial charge >= 0.3 is 0 Å². The quantitative estimate of drug-likeness (QED) is 0.826. The number of hydrogen-bond acceptors (Lipinski definition) is 4. The van der Waals surface area contributed by atoms with Crippen molar-refractivity contribution in [2.75, 3.05) is 12.3 Å². The number of carbonyl (C=O) groups excluding carboxylic acids is 1. The van der Waals surface area contributed by atoms with E-state index in [2.05, 4.69) is 5.32 Å². The Bertz CT molecular complexity index is 560. The zero-order valence-electron chi connectivity index (χ0n) is 13.1. The van der Waals surface area contributed by atoms with E-state index in [1.165, 1.54) is 43.4 Å². The molecule has 0 aromatic carbocycles. The molecule has 0 unspecified atom stereocenters. The first-order chi connectivity index (χ1) is 10.5. The summed E-state index contributed by atoms with van der Waals surface area (Å²) in [5.74, 6) is -0.105. The van der Waals surface area contributed by atoms with Crippen LogP contribution in [0.4, 0.5) is 0 Å². The first-order valence-electron chi connectivity index (χ1n) is 8.00. The highest BCUT2D eigenvalue weighted by molar-refractivity contribution is 7.92. The topological polar surface area (TPSA) is 63.2 Å². The molecule has 1 aliphatic carbocycles. The van der Waals surface area contributed by atoms with Gasteiger partial charge in [0.2, 0.25) is 5.91 Å². The highest BCUT2D eigenvalue weighted by Crippen LogP contribution is 2.27. The smallest absolute Gasteiger partial charge is 0.235 e. The molecule has 1 fully saturated rings. The van der Waals surface area contributed by atoms with Gasteiger partial charge in [0.1, 0.15) is 5.75 Å². The maximum absolute atomic E-state index is 12.3. The lowest BCUT2D eigenvalue weighted by Gasteiger charge is -2.21. The van der Waals surface area contributed by atoms with Gasteiger partial charge in [-0.1, -0.05) is 38.2 Å². The fourth-order valence-corrected chi connectivity index (χ4v) is 5.37. The van der Waals surface area contributed by atoms with Gasteiger partial charge in [-0.2, -0.15) is 0 Å². The number of amides is 1. The molecule has 6 heteroatoms. The van der Waals surface area contributed by atoms with Gasteiger partial charge in [0.05, 0.1) is 5.25 Å². The van der Waals surface area contributed by atoms with Gasteiger partial charge in [0.25, 0.3) is 0 Å². The third-order valence-electron chi connectivity index (χ3n) is 4.41. The van der Waals surface area contributed by atoms with Gasteiger partial charge in [0.15, 0.2) is 9.84 Å². The van der Waals surface area contributed by atoms with Crippen molar-refractivity contribution in [1.29, 1.82) is 0 Å². The lowest BCUT2D eigenvalue weighted by atomic mass is 9.87. The highest BCUT2D eigenvalue weighted by Gasteiger charge is 2.26. The van der Waals surface area contributed by atoms with Gasteiger partial charge in [-0.3, -0.25) is 4.79 Å². The van der Waals surface area contributed by atoms with Crippen LogP contribution in [0.2, 0.25) is 0 Å². The third kappa shape index (κ3) is 5.09. The summed E-state index contributed by atoms with van der Waals surface area (Å²) in [5, 5.41) is 4.01. The summed E-state index contributed by atoms with van der Waals surface area (Å²) < 4.78 is 24.5. The maximum Gasteiger partial charge on any atom is 0.235 e. The van der Waals surface area contributed by atoms with E-state index < -0.39 is 20.8 Å². The predicted molar refractivity (Wildman–Crippen MR) is 90.7 cm³/mol. The Morgan fingerprint density at radius 2 is 2.09 bits per heavy atom. The van der Waals surface area contributed by atoms with Crippen LogP contribution in [0, 0.1) is 5.92 Å². The molecule has 0 spiro atoms. The Morgan fingerprint density at radius 3 is 2.73 bits per heavy atom. The summed E-state index contributed by atoms with van der Waals surface area (Å²) >= 11 is 1.41. The lowest BCUT2D eigenvalue weighted by molar-refractivity contribution is -0.118. The van der Waals surface area contributed by atoms with E-state index in [0.717, 1.165) is 11.3 Å². The minimum atomic E-state index is -3.44. The van der Waals surface area contributed by atoms with Crippen molar-refractivity contribution in [2.24, 2.45) is 5.92 Å². The Morgan fingerprint density at radius 1 is 1.36 bits per heavy atom. The molecular weight excluding hydrogens is 318 g/mol. The normalized spacial score (nSPS) is 18.0. The first-order valence-corrected chi connectivity index (χ1v) is 10.6. The zero-order valence-corrected chi connectivity index (χ0v) is 14.7. The Balaban J connectivity index is 1.75. The minimum Gasteiger partial charge on any atom is -0.355 e. The highest BCUT2D eigenvalue weighted by atomic mass is 32.2. The monoisotopic (exact) mass is 343 g/mol. The molecule has 22 heavy (non-hydrogen) atoms. The van der Waals surface area contributed by atoms with Crippen LogP contribution in [-0.4, -0.2) is 26.6 Å². The molecule has 0 aliphatic heterocycles. The summed E-state index contributed by atoms with van der Waals surface area (Å²) in [5.41, 5.74) is 0. The molecule has 1 amide bonds. The molecule has 124 valence electrons. The van der Waals surface area contributed by atoms with Gasteiger partial charge in [-0.25, -0.2) is 8.42 Å². The second-order valence-electron chi connectivity index (χ2n) is 6.11. The van der Waals surface area contributed by atoms with Crippen LogP contribution in [0.25, 0.3) is 0 Å². The molecule has 0 radical (unpaired) electrons. The number of thiophene rings is 1. The van der Waals surface area contributed by atoms with Crippen LogP contribution in [0.15, 0.2) is 17.5 Å². The summed E-state index contributed by atoms with van der Waals surface area (Å²) in [6.45, 7) is 2.24. The standard InChI is InChI=1S/C16H25NO3S2/c1-13(15-8-5-11-21-15)22(19,20)12-16(18)17-10-9-14-6-3-2-4-7-14/h5,8,11,13-14H,2-4,6-7,9-10,12H2,1H3,(H,17,18)/t13-/m0/s1. The molecule has 1 aromatic heterocycles. The van der Waals surface area contributed by atoms with Crippen molar-refractivity contribution < 1.29 is 13.2 Å². The second-order valence-corrected chi connectivity index (χ2v) is 9.41. The van der Waals surface area contributed by atoms with E-state index in [0.29, 0.717) is 12.5 Å². The third-order valence-corrected chi connectivity index (χ3v) is 7.61. The van der Waals surface area contributed by atoms with Crippen LogP contribution >= 0.6 is 11.3 Å². The van der Waals surface area contributed by atoms with E-state index in [-0.39, 0.29) is 5.91 Å². The van der Waals surface area contributed by atoms with E-state index >= 15 is 0 Å². The summed E-state index contributed by atoms with van der Waals surface area (Å²) in [4.78, 5) is 12.7. The number of rotatable bonds is 7. The van der Waals surface area contributed by atoms with Crippen LogP contribution in [0.3, 0.4) is 0 Å². The minimum absolute atomic E-state index is 0.376. The molecule has 1 N–H and O–H groups in total. The van der Waals surface area contributed by atoms with Gasteiger partial charge < -0.3 is 5.32 Å². The molecule has 1 aromatic rings. The summed E-state index contributed by atoms with van der Waals surface area (Å²) in [6.07, 6.45) is 7.33. The molecule has 0 bridgehead atoms. The predicted octanol–water partition coefficient (Wildman–Crippen LogP) is 3.31. The average Bonchev–Trinajstić information content (AvgIpc) is 3.01. The van der Waals surface area contributed by atoms with Crippen molar-refractivity contribution in [2.45, 2.75) is 50.7 Å². The number of sulfone groups is 1. The number of carbonyl (C=O) groups is 1. The van der Waals surface area contributed by atoms with Crippen molar-refractivity contribution in [3.05, 3.63) is 22.4 Å². The molecule has 1 heterocycles. The largest absolute Gasteiger partial charge is 0.355 e. The van der Waals surface area contributed by atoms with Gasteiger partial charge in [-0.15, -0.1) is 11.3 Å². The number of nitrogens with one attached hydrogen (secondary N) is 1. The van der Waals surface area contributed by atoms with Crippen molar-refractivity contribution >= 4 is 27.1 Å². The number of hydrogen-bond donors (Lipinski definition) is 1. The van der Waals surface area contributed by atoms with Crippen molar-refractivity contribution in [1.82, 2.24) is 5.32 Å². The van der Waals surface area contributed by atoms with Gasteiger partial charge in [-0.05, 0) is 30.7 Å². The van der Waals surface area contributed by atoms with Crippen LogP contribution in [0.5, 0.6) is 0 Å². The summed E-state index contributed by atoms with van der Waals surface area (Å²) in [7, 11) is -3.44. The van der Waals surface area contributed by atoms with Crippen LogP contribution in [-0.2, 0) is 14.6 Å². The molecule has 1 saturated carbocycles. The lowest BCUT2D eigenvalue weighted by Crippen LogP contribution is -2.33. The van der Waals surface area contributed by atoms with E-state index in [1.54, 1.807) is 13.0 Å². The Hall–Kier alpha value is -0.880. The van der Waals surface area contributed by atoms with E-state index in [9.17, 15) is 13.2 Å². The Labute approximate surface area is 137 Å². The first kappa shape index (κ1) is 17.5. The fourth-order valence-electron chi connectivity index (χ4n) is 2.95. The SMILES string of the molecule is C[C@@H](c1cccs1)S(=O)(=O)CC(=O)NCCC1CCCCC1. The molecular formula is C16H25NO3S2.